The van der Waals surface area contributed by atoms with Gasteiger partial charge in [-0.2, -0.15) is 0 Å². The van der Waals surface area contributed by atoms with Gasteiger partial charge in [0.25, 0.3) is 0 Å². The monoisotopic (exact) mass is 278 g/mol. The quantitative estimate of drug-likeness (QED) is 0.333. The highest BCUT2D eigenvalue weighted by Crippen LogP contribution is 2.10. The summed E-state index contributed by atoms with van der Waals surface area (Å²) in [6.07, 6.45) is 4.30. The molecule has 21 heavy (non-hydrogen) atoms. The maximum absolute atomic E-state index is 12.1. The van der Waals surface area contributed by atoms with Crippen LogP contribution in [0.4, 0.5) is 0 Å². The number of carbonyl (C=O) groups is 2. The summed E-state index contributed by atoms with van der Waals surface area (Å²) in [6, 6.07) is 19.5. The highest BCUT2D eigenvalue weighted by molar-refractivity contribution is 6.15. The van der Waals surface area contributed by atoms with Crippen molar-refractivity contribution in [1.29, 1.82) is 0 Å². The zero-order valence-electron chi connectivity index (χ0n) is 11.9. The molecule has 2 heteroatoms. The van der Waals surface area contributed by atoms with E-state index in [1.807, 2.05) is 60.7 Å². The second-order valence-corrected chi connectivity index (χ2v) is 4.89. The fourth-order valence-corrected chi connectivity index (χ4v) is 2.15. The fraction of sp³-hybridized carbons (Fsp3) is 0.158. The van der Waals surface area contributed by atoms with Crippen LogP contribution in [0.1, 0.15) is 24.0 Å². The number of rotatable bonds is 7. The second kappa shape index (κ2) is 7.95. The molecule has 0 radical (unpaired) electrons. The van der Waals surface area contributed by atoms with Gasteiger partial charge in [-0.05, 0) is 30.0 Å². The van der Waals surface area contributed by atoms with Crippen LogP contribution in [0.15, 0.2) is 66.2 Å². The first-order valence-corrected chi connectivity index (χ1v) is 7.08. The lowest BCUT2D eigenvalue weighted by atomic mass is 10.0. The molecule has 2 nitrogen and oxygen atoms in total. The molecule has 0 fully saturated rings. The molecule has 0 bridgehead atoms. The van der Waals surface area contributed by atoms with Gasteiger partial charge in [-0.25, -0.2) is 0 Å². The number of benzene rings is 2. The molecular formula is C19H18O2. The summed E-state index contributed by atoms with van der Waals surface area (Å²) in [5.41, 5.74) is 2.33. The number of aldehydes is 1. The molecule has 0 amide bonds. The van der Waals surface area contributed by atoms with Gasteiger partial charge in [0.2, 0.25) is 0 Å². The lowest BCUT2D eigenvalue weighted by molar-refractivity contribution is -0.117. The Morgan fingerprint density at radius 1 is 0.905 bits per heavy atom. The molecule has 0 saturated carbocycles. The van der Waals surface area contributed by atoms with Crippen molar-refractivity contribution in [2.75, 3.05) is 0 Å². The van der Waals surface area contributed by atoms with Crippen LogP contribution >= 0.6 is 0 Å². The van der Waals surface area contributed by atoms with E-state index in [1.54, 1.807) is 6.08 Å². The average Bonchev–Trinajstić information content (AvgIpc) is 2.54. The van der Waals surface area contributed by atoms with Gasteiger partial charge < -0.3 is 0 Å². The van der Waals surface area contributed by atoms with Crippen molar-refractivity contribution in [1.82, 2.24) is 0 Å². The Balaban J connectivity index is 1.92. The fourth-order valence-electron chi connectivity index (χ4n) is 2.15. The third-order valence-electron chi connectivity index (χ3n) is 3.28. The highest BCUT2D eigenvalue weighted by atomic mass is 16.1. The summed E-state index contributed by atoms with van der Waals surface area (Å²) in [4.78, 5) is 23.2. The summed E-state index contributed by atoms with van der Waals surface area (Å²) < 4.78 is 0. The molecular weight excluding hydrogens is 260 g/mol. The minimum absolute atomic E-state index is 0.0928. The van der Waals surface area contributed by atoms with Crippen LogP contribution in [0.25, 0.3) is 6.08 Å². The van der Waals surface area contributed by atoms with E-state index in [0.717, 1.165) is 18.4 Å². The van der Waals surface area contributed by atoms with E-state index in [0.29, 0.717) is 12.7 Å². The summed E-state index contributed by atoms with van der Waals surface area (Å²) in [7, 11) is 0. The standard InChI is InChI=1S/C19H18O2/c20-15-18(14-17-10-5-2-6-11-17)19(21)13-7-12-16-8-3-1-4-9-16/h1-6,8-11,14-15H,7,12-13H2. The third-order valence-corrected chi connectivity index (χ3v) is 3.28. The number of hydrogen-bond donors (Lipinski definition) is 0. The first kappa shape index (κ1) is 14.9. The molecule has 0 atom stereocenters. The van der Waals surface area contributed by atoms with Crippen LogP contribution in [-0.4, -0.2) is 12.1 Å². The van der Waals surface area contributed by atoms with Crippen LogP contribution in [0.2, 0.25) is 0 Å². The van der Waals surface area contributed by atoms with E-state index in [2.05, 4.69) is 0 Å². The van der Waals surface area contributed by atoms with Gasteiger partial charge in [-0.3, -0.25) is 9.59 Å². The average molecular weight is 278 g/mol. The van der Waals surface area contributed by atoms with Crippen LogP contribution in [0, 0.1) is 0 Å². The number of allylic oxidation sites excluding steroid dienone is 1. The topological polar surface area (TPSA) is 34.1 Å². The van der Waals surface area contributed by atoms with E-state index >= 15 is 0 Å². The van der Waals surface area contributed by atoms with Crippen molar-refractivity contribution >= 4 is 18.1 Å². The van der Waals surface area contributed by atoms with E-state index in [1.165, 1.54) is 5.56 Å². The van der Waals surface area contributed by atoms with Crippen molar-refractivity contribution in [2.45, 2.75) is 19.3 Å². The Bertz CT molecular complexity index is 613. The van der Waals surface area contributed by atoms with Crippen LogP contribution < -0.4 is 0 Å². The molecule has 0 N–H and O–H groups in total. The Hall–Kier alpha value is -2.48. The Morgan fingerprint density at radius 2 is 1.52 bits per heavy atom. The van der Waals surface area contributed by atoms with Gasteiger partial charge in [0.05, 0.1) is 5.57 Å². The maximum atomic E-state index is 12.1. The summed E-state index contributed by atoms with van der Waals surface area (Å²) in [6.45, 7) is 0. The molecule has 0 aromatic heterocycles. The molecule has 0 heterocycles. The van der Waals surface area contributed by atoms with Crippen molar-refractivity contribution < 1.29 is 9.59 Å². The number of aryl methyl sites for hydroxylation is 1. The predicted octanol–water partition coefficient (Wildman–Crippen LogP) is 3.86. The number of carbonyl (C=O) groups excluding carboxylic acids is 2. The van der Waals surface area contributed by atoms with Crippen LogP contribution in [-0.2, 0) is 16.0 Å². The zero-order chi connectivity index (χ0) is 14.9. The molecule has 0 unspecified atom stereocenters. The van der Waals surface area contributed by atoms with E-state index in [4.69, 9.17) is 0 Å². The molecule has 0 aliphatic heterocycles. The minimum atomic E-state index is -0.0928. The van der Waals surface area contributed by atoms with Gasteiger partial charge in [-0.15, -0.1) is 0 Å². The first-order valence-electron chi connectivity index (χ1n) is 7.08. The third kappa shape index (κ3) is 4.84. The zero-order valence-corrected chi connectivity index (χ0v) is 11.9. The van der Waals surface area contributed by atoms with Gasteiger partial charge >= 0.3 is 0 Å². The van der Waals surface area contributed by atoms with Crippen molar-refractivity contribution in [3.05, 3.63) is 77.4 Å². The normalized spacial score (nSPS) is 11.1. The van der Waals surface area contributed by atoms with Crippen LogP contribution in [0.3, 0.4) is 0 Å². The van der Waals surface area contributed by atoms with E-state index in [-0.39, 0.29) is 11.4 Å². The van der Waals surface area contributed by atoms with Crippen molar-refractivity contribution in [3.63, 3.8) is 0 Å². The molecule has 0 aliphatic carbocycles. The van der Waals surface area contributed by atoms with Gasteiger partial charge in [0.15, 0.2) is 12.1 Å². The summed E-state index contributed by atoms with van der Waals surface area (Å²) in [5.74, 6) is -0.0928. The molecule has 0 saturated heterocycles. The molecule has 106 valence electrons. The molecule has 2 aromatic carbocycles. The number of ketones is 1. The van der Waals surface area contributed by atoms with Crippen molar-refractivity contribution in [3.8, 4) is 0 Å². The van der Waals surface area contributed by atoms with Crippen LogP contribution in [0.5, 0.6) is 0 Å². The second-order valence-electron chi connectivity index (χ2n) is 4.89. The lowest BCUT2D eigenvalue weighted by Gasteiger charge is -2.02. The summed E-state index contributed by atoms with van der Waals surface area (Å²) >= 11 is 0. The number of hydrogen-bond acceptors (Lipinski definition) is 2. The van der Waals surface area contributed by atoms with Crippen molar-refractivity contribution in [2.24, 2.45) is 0 Å². The van der Waals surface area contributed by atoms with E-state index < -0.39 is 0 Å². The maximum Gasteiger partial charge on any atom is 0.166 e. The summed E-state index contributed by atoms with van der Waals surface area (Å²) in [5, 5.41) is 0. The van der Waals surface area contributed by atoms with Gasteiger partial charge in [-0.1, -0.05) is 60.7 Å². The van der Waals surface area contributed by atoms with Gasteiger partial charge in [0, 0.05) is 6.42 Å². The lowest BCUT2D eigenvalue weighted by Crippen LogP contribution is -2.04. The predicted molar refractivity (Wildman–Crippen MR) is 84.9 cm³/mol. The highest BCUT2D eigenvalue weighted by Gasteiger charge is 2.08. The smallest absolute Gasteiger partial charge is 0.166 e. The molecule has 0 spiro atoms. The Morgan fingerprint density at radius 3 is 2.14 bits per heavy atom. The van der Waals surface area contributed by atoms with E-state index in [9.17, 15) is 9.59 Å². The molecule has 2 rings (SSSR count). The Labute approximate surface area is 125 Å². The largest absolute Gasteiger partial charge is 0.298 e. The minimum Gasteiger partial charge on any atom is -0.298 e. The van der Waals surface area contributed by atoms with Gasteiger partial charge in [0.1, 0.15) is 0 Å². The Kier molecular flexibility index (Phi) is 5.65. The number of Topliss-reactive ketones (excluding diaryl/α,β-unsaturated/α-hetero) is 1. The SMILES string of the molecule is O=CC(=Cc1ccccc1)C(=O)CCCc1ccccc1. The molecule has 0 aliphatic rings. The molecule has 2 aromatic rings. The first-order chi connectivity index (χ1) is 10.3.